The molecule has 0 saturated carbocycles. The number of carbonyl (C=O) groups excluding carboxylic acids is 1. The molecule has 1 unspecified atom stereocenters. The molecule has 1 aromatic carbocycles. The first-order valence-corrected chi connectivity index (χ1v) is 7.77. The fourth-order valence-corrected chi connectivity index (χ4v) is 3.02. The Kier molecular flexibility index (Phi) is 4.24. The molecule has 1 fully saturated rings. The van der Waals surface area contributed by atoms with E-state index in [0.29, 0.717) is 11.6 Å². The van der Waals surface area contributed by atoms with Crippen molar-refractivity contribution >= 4 is 5.91 Å². The summed E-state index contributed by atoms with van der Waals surface area (Å²) in [6.45, 7) is 3.55. The largest absolute Gasteiger partial charge is 0.337 e. The van der Waals surface area contributed by atoms with Gasteiger partial charge in [-0.3, -0.25) is 4.79 Å². The highest BCUT2D eigenvalue weighted by molar-refractivity contribution is 5.95. The third-order valence-corrected chi connectivity index (χ3v) is 4.36. The van der Waals surface area contributed by atoms with Crippen LogP contribution >= 0.6 is 0 Å². The van der Waals surface area contributed by atoms with Gasteiger partial charge < -0.3 is 10.2 Å². The number of benzene rings is 1. The summed E-state index contributed by atoms with van der Waals surface area (Å²) in [5.74, 6) is 0.0830. The monoisotopic (exact) mass is 298 g/mol. The zero-order chi connectivity index (χ0) is 15.5. The molecule has 0 bridgehead atoms. The van der Waals surface area contributed by atoms with E-state index in [1.165, 1.54) is 0 Å². The zero-order valence-electron chi connectivity index (χ0n) is 13.1. The van der Waals surface area contributed by atoms with Gasteiger partial charge >= 0.3 is 0 Å². The molecular weight excluding hydrogens is 276 g/mol. The van der Waals surface area contributed by atoms with Crippen molar-refractivity contribution in [2.75, 3.05) is 20.1 Å². The Morgan fingerprint density at radius 3 is 2.82 bits per heavy atom. The maximum absolute atomic E-state index is 12.8. The SMILES string of the molecule is CNC1CCCN(C(=O)c2cnn(-c3ccccc3)c2C)C1. The van der Waals surface area contributed by atoms with Crippen LogP contribution in [0.25, 0.3) is 5.69 Å². The second-order valence-electron chi connectivity index (χ2n) is 5.77. The van der Waals surface area contributed by atoms with Gasteiger partial charge in [-0.25, -0.2) is 4.68 Å². The number of hydrogen-bond acceptors (Lipinski definition) is 3. The van der Waals surface area contributed by atoms with Gasteiger partial charge in [-0.05, 0) is 38.9 Å². The molecule has 1 aromatic heterocycles. The van der Waals surface area contributed by atoms with Crippen LogP contribution in [0, 0.1) is 6.92 Å². The van der Waals surface area contributed by atoms with Crippen LogP contribution in [0.2, 0.25) is 0 Å². The standard InChI is InChI=1S/C17H22N4O/c1-13-16(11-19-21(13)15-8-4-3-5-9-15)17(22)20-10-6-7-14(12-20)18-2/h3-5,8-9,11,14,18H,6-7,10,12H2,1-2H3. The number of likely N-dealkylation sites (tertiary alicyclic amines) is 1. The molecule has 1 atom stereocenters. The van der Waals surface area contributed by atoms with Crippen molar-refractivity contribution in [3.8, 4) is 5.69 Å². The van der Waals surface area contributed by atoms with Crippen molar-refractivity contribution < 1.29 is 4.79 Å². The van der Waals surface area contributed by atoms with Gasteiger partial charge in [0.1, 0.15) is 0 Å². The maximum atomic E-state index is 12.8. The molecule has 2 heterocycles. The second-order valence-corrected chi connectivity index (χ2v) is 5.77. The molecule has 22 heavy (non-hydrogen) atoms. The van der Waals surface area contributed by atoms with E-state index in [4.69, 9.17) is 0 Å². The number of aromatic nitrogens is 2. The number of hydrogen-bond donors (Lipinski definition) is 1. The molecule has 0 radical (unpaired) electrons. The molecule has 1 N–H and O–H groups in total. The van der Waals surface area contributed by atoms with Gasteiger partial charge in [-0.15, -0.1) is 0 Å². The number of nitrogens with zero attached hydrogens (tertiary/aromatic N) is 3. The first-order chi connectivity index (χ1) is 10.7. The van der Waals surface area contributed by atoms with Gasteiger partial charge in [-0.2, -0.15) is 5.10 Å². The molecule has 5 heteroatoms. The fraction of sp³-hybridized carbons (Fsp3) is 0.412. The van der Waals surface area contributed by atoms with Crippen LogP contribution in [0.4, 0.5) is 0 Å². The average Bonchev–Trinajstić information content (AvgIpc) is 2.96. The molecule has 0 aliphatic carbocycles. The molecular formula is C17H22N4O. The van der Waals surface area contributed by atoms with Crippen LogP contribution in [0.1, 0.15) is 28.9 Å². The van der Waals surface area contributed by atoms with E-state index >= 15 is 0 Å². The Hall–Kier alpha value is -2.14. The lowest BCUT2D eigenvalue weighted by atomic mass is 10.0. The van der Waals surface area contributed by atoms with Crippen molar-refractivity contribution in [1.82, 2.24) is 20.0 Å². The van der Waals surface area contributed by atoms with Gasteiger partial charge in [0.2, 0.25) is 0 Å². The normalized spacial score (nSPS) is 18.5. The molecule has 5 nitrogen and oxygen atoms in total. The molecule has 3 rings (SSSR count). The number of carbonyl (C=O) groups is 1. The van der Waals surface area contributed by atoms with Crippen LogP contribution in [0.5, 0.6) is 0 Å². The van der Waals surface area contributed by atoms with Crippen molar-refractivity contribution in [2.24, 2.45) is 0 Å². The Labute approximate surface area is 130 Å². The number of likely N-dealkylation sites (N-methyl/N-ethyl adjacent to an activating group) is 1. The summed E-state index contributed by atoms with van der Waals surface area (Å²) in [6, 6.07) is 10.3. The summed E-state index contributed by atoms with van der Waals surface area (Å²) in [5, 5.41) is 7.67. The van der Waals surface area contributed by atoms with Gasteiger partial charge in [0.05, 0.1) is 23.1 Å². The Balaban J connectivity index is 1.83. The van der Waals surface area contributed by atoms with E-state index in [1.54, 1.807) is 6.20 Å². The van der Waals surface area contributed by atoms with E-state index in [0.717, 1.165) is 37.3 Å². The van der Waals surface area contributed by atoms with Gasteiger partial charge in [0, 0.05) is 19.1 Å². The van der Waals surface area contributed by atoms with E-state index in [9.17, 15) is 4.79 Å². The van der Waals surface area contributed by atoms with Crippen LogP contribution in [-0.4, -0.2) is 46.8 Å². The third-order valence-electron chi connectivity index (χ3n) is 4.36. The first-order valence-electron chi connectivity index (χ1n) is 7.77. The highest BCUT2D eigenvalue weighted by Gasteiger charge is 2.26. The van der Waals surface area contributed by atoms with Crippen LogP contribution in [0.15, 0.2) is 36.5 Å². The molecule has 0 spiro atoms. The highest BCUT2D eigenvalue weighted by Crippen LogP contribution is 2.18. The Morgan fingerprint density at radius 2 is 2.09 bits per heavy atom. The van der Waals surface area contributed by atoms with Crippen LogP contribution in [0.3, 0.4) is 0 Å². The highest BCUT2D eigenvalue weighted by atomic mass is 16.2. The molecule has 1 aliphatic heterocycles. The lowest BCUT2D eigenvalue weighted by Crippen LogP contribution is -2.47. The quantitative estimate of drug-likeness (QED) is 0.943. The summed E-state index contributed by atoms with van der Waals surface area (Å²) in [4.78, 5) is 14.7. The summed E-state index contributed by atoms with van der Waals surface area (Å²) < 4.78 is 1.83. The van der Waals surface area contributed by atoms with E-state index in [2.05, 4.69) is 10.4 Å². The van der Waals surface area contributed by atoms with Crippen molar-refractivity contribution in [1.29, 1.82) is 0 Å². The lowest BCUT2D eigenvalue weighted by Gasteiger charge is -2.32. The smallest absolute Gasteiger partial charge is 0.257 e. The summed E-state index contributed by atoms with van der Waals surface area (Å²) >= 11 is 0. The summed E-state index contributed by atoms with van der Waals surface area (Å²) in [7, 11) is 1.96. The Morgan fingerprint density at radius 1 is 1.32 bits per heavy atom. The number of nitrogens with one attached hydrogen (secondary N) is 1. The van der Waals surface area contributed by atoms with E-state index in [1.807, 2.05) is 53.9 Å². The van der Waals surface area contributed by atoms with E-state index in [-0.39, 0.29) is 5.91 Å². The number of amides is 1. The predicted octanol–water partition coefficient (Wildman–Crippen LogP) is 2.00. The topological polar surface area (TPSA) is 50.2 Å². The number of rotatable bonds is 3. The minimum atomic E-state index is 0.0830. The Bertz CT molecular complexity index is 650. The molecule has 116 valence electrons. The summed E-state index contributed by atoms with van der Waals surface area (Å²) in [5.41, 5.74) is 2.56. The van der Waals surface area contributed by atoms with E-state index < -0.39 is 0 Å². The minimum Gasteiger partial charge on any atom is -0.337 e. The third kappa shape index (κ3) is 2.76. The van der Waals surface area contributed by atoms with Crippen molar-refractivity contribution in [2.45, 2.75) is 25.8 Å². The number of para-hydroxylation sites is 1. The molecule has 1 aliphatic rings. The van der Waals surface area contributed by atoms with Crippen molar-refractivity contribution in [3.05, 3.63) is 47.8 Å². The number of piperidine rings is 1. The second kappa shape index (κ2) is 6.32. The summed E-state index contributed by atoms with van der Waals surface area (Å²) in [6.07, 6.45) is 3.86. The molecule has 1 saturated heterocycles. The molecule has 2 aromatic rings. The predicted molar refractivity (Wildman–Crippen MR) is 86.3 cm³/mol. The molecule has 1 amide bonds. The van der Waals surface area contributed by atoms with Gasteiger partial charge in [0.15, 0.2) is 0 Å². The van der Waals surface area contributed by atoms with Crippen LogP contribution < -0.4 is 5.32 Å². The maximum Gasteiger partial charge on any atom is 0.257 e. The van der Waals surface area contributed by atoms with Crippen molar-refractivity contribution in [3.63, 3.8) is 0 Å². The zero-order valence-corrected chi connectivity index (χ0v) is 13.1. The van der Waals surface area contributed by atoms with Gasteiger partial charge in [0.25, 0.3) is 5.91 Å². The van der Waals surface area contributed by atoms with Gasteiger partial charge in [-0.1, -0.05) is 18.2 Å². The lowest BCUT2D eigenvalue weighted by molar-refractivity contribution is 0.0697. The average molecular weight is 298 g/mol. The first kappa shape index (κ1) is 14.8. The minimum absolute atomic E-state index is 0.0830. The fourth-order valence-electron chi connectivity index (χ4n) is 3.02. The van der Waals surface area contributed by atoms with Crippen LogP contribution in [-0.2, 0) is 0 Å².